The first-order chi connectivity index (χ1) is 19.7. The third-order valence-electron chi connectivity index (χ3n) is 14.5. The number of hydrogen-bond acceptors (Lipinski definition) is 6. The predicted molar refractivity (Wildman–Crippen MR) is 158 cm³/mol. The van der Waals surface area contributed by atoms with Gasteiger partial charge in [-0.2, -0.15) is 0 Å². The number of rotatable bonds is 5. The van der Waals surface area contributed by atoms with Crippen LogP contribution in [0.2, 0.25) is 0 Å². The quantitative estimate of drug-likeness (QED) is 0.439. The van der Waals surface area contributed by atoms with Crippen LogP contribution in [0.5, 0.6) is 0 Å². The molecule has 2 aliphatic heterocycles. The van der Waals surface area contributed by atoms with Crippen molar-refractivity contribution in [3.8, 4) is 0 Å². The van der Waals surface area contributed by atoms with Gasteiger partial charge in [-0.25, -0.2) is 0 Å². The molecule has 2 heterocycles. The molecule has 42 heavy (non-hydrogen) atoms. The highest BCUT2D eigenvalue weighted by molar-refractivity contribution is 5.96. The van der Waals surface area contributed by atoms with Gasteiger partial charge in [0.15, 0.2) is 5.60 Å². The SMILES string of the molecule is CC1(C)[C@@]2(C)CC[C@]1(C(=O)N(C[C@H]1CCCO1)C[C@]1(O)CC[C@H]3C4=CC=C5C[C@@H](O)CC[C@]5(C)[C@H]4CC[C@@]31C)OC2=O. The Kier molecular flexibility index (Phi) is 6.34. The van der Waals surface area contributed by atoms with E-state index in [1.54, 1.807) is 0 Å². The van der Waals surface area contributed by atoms with E-state index in [1.807, 2.05) is 25.7 Å². The number of fused-ring (bicyclic) bond motifs is 7. The van der Waals surface area contributed by atoms with E-state index in [2.05, 4.69) is 26.0 Å². The van der Waals surface area contributed by atoms with E-state index in [0.717, 1.165) is 51.4 Å². The first-order valence-electron chi connectivity index (χ1n) is 16.7. The van der Waals surface area contributed by atoms with Gasteiger partial charge in [-0.15, -0.1) is 0 Å². The lowest BCUT2D eigenvalue weighted by atomic mass is 9.50. The number of carbonyl (C=O) groups is 2. The summed E-state index contributed by atoms with van der Waals surface area (Å²) in [6.07, 6.45) is 13.4. The maximum atomic E-state index is 14.7. The second-order valence-corrected chi connectivity index (χ2v) is 16.3. The van der Waals surface area contributed by atoms with Crippen LogP contribution in [0.3, 0.4) is 0 Å². The van der Waals surface area contributed by atoms with Gasteiger partial charge in [0.05, 0.1) is 29.8 Å². The largest absolute Gasteiger partial charge is 0.448 e. The minimum atomic E-state index is -1.20. The Balaban J connectivity index is 1.20. The van der Waals surface area contributed by atoms with Crippen molar-refractivity contribution in [2.75, 3.05) is 19.7 Å². The molecule has 7 heteroatoms. The summed E-state index contributed by atoms with van der Waals surface area (Å²) in [4.78, 5) is 29.6. The fourth-order valence-electron chi connectivity index (χ4n) is 10.9. The van der Waals surface area contributed by atoms with Gasteiger partial charge in [-0.05, 0) is 94.8 Å². The van der Waals surface area contributed by atoms with Crippen LogP contribution < -0.4 is 0 Å². The summed E-state index contributed by atoms with van der Waals surface area (Å²) in [5, 5.41) is 23.0. The van der Waals surface area contributed by atoms with Crippen LogP contribution >= 0.6 is 0 Å². The van der Waals surface area contributed by atoms with Crippen LogP contribution in [0, 0.1) is 33.5 Å². The average Bonchev–Trinajstić information content (AvgIpc) is 3.63. The monoisotopic (exact) mass is 581 g/mol. The zero-order chi connectivity index (χ0) is 29.9. The highest BCUT2D eigenvalue weighted by Gasteiger charge is 2.76. The van der Waals surface area contributed by atoms with Crippen LogP contribution in [0.25, 0.3) is 0 Å². The number of aliphatic hydroxyl groups excluding tert-OH is 1. The molecule has 1 amide bonds. The summed E-state index contributed by atoms with van der Waals surface area (Å²) in [6, 6.07) is 0. The summed E-state index contributed by atoms with van der Waals surface area (Å²) < 4.78 is 12.1. The Morgan fingerprint density at radius 2 is 1.74 bits per heavy atom. The molecule has 7 nitrogen and oxygen atoms in total. The van der Waals surface area contributed by atoms with E-state index >= 15 is 0 Å². The molecule has 9 atom stereocenters. The Bertz CT molecular complexity index is 1250. The molecular formula is C35H51NO6. The van der Waals surface area contributed by atoms with Crippen molar-refractivity contribution in [3.63, 3.8) is 0 Å². The van der Waals surface area contributed by atoms with Crippen molar-refractivity contribution < 1.29 is 29.3 Å². The molecule has 4 saturated carbocycles. The molecule has 0 aromatic heterocycles. The molecule has 6 fully saturated rings. The second-order valence-electron chi connectivity index (χ2n) is 16.3. The van der Waals surface area contributed by atoms with Gasteiger partial charge in [0, 0.05) is 24.0 Å². The first kappa shape index (κ1) is 29.0. The maximum Gasteiger partial charge on any atom is 0.313 e. The predicted octanol–water partition coefficient (Wildman–Crippen LogP) is 5.09. The number of amides is 1. The van der Waals surface area contributed by atoms with Crippen molar-refractivity contribution in [2.24, 2.45) is 33.5 Å². The maximum absolute atomic E-state index is 14.7. The van der Waals surface area contributed by atoms with E-state index in [9.17, 15) is 19.8 Å². The Hall–Kier alpha value is -1.70. The Labute approximate surface area is 251 Å². The van der Waals surface area contributed by atoms with Crippen molar-refractivity contribution >= 4 is 11.9 Å². The van der Waals surface area contributed by atoms with Crippen LogP contribution in [0.4, 0.5) is 0 Å². The van der Waals surface area contributed by atoms with Crippen molar-refractivity contribution in [1.82, 2.24) is 4.90 Å². The van der Waals surface area contributed by atoms with E-state index in [1.165, 1.54) is 11.1 Å². The van der Waals surface area contributed by atoms with Crippen molar-refractivity contribution in [2.45, 2.75) is 129 Å². The summed E-state index contributed by atoms with van der Waals surface area (Å²) >= 11 is 0. The fraction of sp³-hybridized carbons (Fsp3) is 0.829. The van der Waals surface area contributed by atoms with Gasteiger partial charge < -0.3 is 24.6 Å². The smallest absolute Gasteiger partial charge is 0.313 e. The lowest BCUT2D eigenvalue weighted by Crippen LogP contribution is -2.62. The van der Waals surface area contributed by atoms with Gasteiger partial charge >= 0.3 is 5.97 Å². The van der Waals surface area contributed by atoms with Gasteiger partial charge in [0.25, 0.3) is 5.91 Å². The highest BCUT2D eigenvalue weighted by Crippen LogP contribution is 2.68. The molecular weight excluding hydrogens is 530 g/mol. The van der Waals surface area contributed by atoms with E-state index in [4.69, 9.17) is 9.47 Å². The number of hydrogen-bond donors (Lipinski definition) is 2. The zero-order valence-electron chi connectivity index (χ0n) is 26.3. The molecule has 5 aliphatic carbocycles. The molecule has 0 spiro atoms. The van der Waals surface area contributed by atoms with Crippen LogP contribution in [0.15, 0.2) is 23.3 Å². The van der Waals surface area contributed by atoms with Crippen LogP contribution in [0.1, 0.15) is 105 Å². The lowest BCUT2D eigenvalue weighted by Gasteiger charge is -2.56. The third-order valence-corrected chi connectivity index (χ3v) is 14.5. The fourth-order valence-corrected chi connectivity index (χ4v) is 10.9. The summed E-state index contributed by atoms with van der Waals surface area (Å²) in [5.41, 5.74) is -0.973. The number of aliphatic hydroxyl groups is 2. The van der Waals surface area contributed by atoms with E-state index in [-0.39, 0.29) is 47.4 Å². The van der Waals surface area contributed by atoms with Gasteiger partial charge in [-0.3, -0.25) is 9.59 Å². The summed E-state index contributed by atoms with van der Waals surface area (Å²) in [5.74, 6) is 0.291. The minimum absolute atomic E-state index is 0.0612. The molecule has 7 rings (SSSR count). The molecule has 7 aliphatic rings. The first-order valence-corrected chi connectivity index (χ1v) is 16.7. The van der Waals surface area contributed by atoms with Crippen LogP contribution in [-0.4, -0.2) is 70.1 Å². The molecule has 0 unspecified atom stereocenters. The molecule has 232 valence electrons. The summed E-state index contributed by atoms with van der Waals surface area (Å²) in [7, 11) is 0. The van der Waals surface area contributed by atoms with Gasteiger partial charge in [-0.1, -0.05) is 51.0 Å². The standard InChI is InChI=1S/C35H51NO6/c1-30(2)33(5)16-17-35(30,42-29(33)39)28(38)36(20-24-7-6-18-41-24)21-34(40)15-12-27-25-9-8-22-19-23(37)10-13-31(22,3)26(25)11-14-32(27,34)4/h8-9,23-24,26-27,37,40H,6-7,10-21H2,1-5H3/t23-,24+,26-,27-,31-,32-,33-,34+,35+/m0/s1. The molecule has 0 radical (unpaired) electrons. The van der Waals surface area contributed by atoms with Crippen molar-refractivity contribution in [1.29, 1.82) is 0 Å². The molecule has 2 bridgehead atoms. The number of esters is 1. The number of allylic oxidation sites excluding steroid dienone is 3. The van der Waals surface area contributed by atoms with E-state index < -0.39 is 22.0 Å². The normalized spacial score (nSPS) is 48.6. The molecule has 2 N–H and O–H groups in total. The summed E-state index contributed by atoms with van der Waals surface area (Å²) in [6.45, 7) is 12.0. The van der Waals surface area contributed by atoms with Crippen LogP contribution in [-0.2, 0) is 19.1 Å². The number of carbonyl (C=O) groups excluding carboxylic acids is 2. The third kappa shape index (κ3) is 3.56. The second kappa shape index (κ2) is 9.17. The number of nitrogens with zero attached hydrogens (tertiary/aromatic N) is 1. The van der Waals surface area contributed by atoms with E-state index in [0.29, 0.717) is 38.3 Å². The Morgan fingerprint density at radius 1 is 0.976 bits per heavy atom. The minimum Gasteiger partial charge on any atom is -0.448 e. The molecule has 0 aromatic rings. The van der Waals surface area contributed by atoms with Gasteiger partial charge in [0.2, 0.25) is 0 Å². The Morgan fingerprint density at radius 3 is 2.40 bits per heavy atom. The van der Waals surface area contributed by atoms with Gasteiger partial charge in [0.1, 0.15) is 0 Å². The molecule has 0 aromatic carbocycles. The topological polar surface area (TPSA) is 96.3 Å². The highest BCUT2D eigenvalue weighted by atomic mass is 16.6. The number of ether oxygens (including phenoxy) is 2. The average molecular weight is 582 g/mol. The molecule has 2 saturated heterocycles. The zero-order valence-corrected chi connectivity index (χ0v) is 26.3. The van der Waals surface area contributed by atoms with Crippen molar-refractivity contribution in [3.05, 3.63) is 23.3 Å². The lowest BCUT2D eigenvalue weighted by molar-refractivity contribution is -0.179.